The van der Waals surface area contributed by atoms with Gasteiger partial charge in [-0.3, -0.25) is 14.3 Å². The maximum atomic E-state index is 12.5. The second-order valence-electron chi connectivity index (χ2n) is 6.48. The van der Waals surface area contributed by atoms with Crippen LogP contribution in [0.5, 0.6) is 0 Å². The Kier molecular flexibility index (Phi) is 6.71. The lowest BCUT2D eigenvalue weighted by Gasteiger charge is -2.11. The van der Waals surface area contributed by atoms with Crippen LogP contribution >= 0.6 is 35.0 Å². The maximum Gasteiger partial charge on any atom is 0.234 e. The number of nitrogens with one attached hydrogen (secondary N) is 1. The molecule has 0 atom stereocenters. The molecule has 158 valence electrons. The standard InChI is InChI=1S/C22H14Cl2N6OS/c23-17-8-7-16(10-18(17)24)30-21(15-5-3-9-26-12-15)28-29-22(30)32-13-20(31)27-19-6-2-1-4-14(19)11-25/h1-10,12H,13H2,(H,27,31). The first-order valence-electron chi connectivity index (χ1n) is 9.30. The van der Waals surface area contributed by atoms with Crippen molar-refractivity contribution in [3.05, 3.63) is 82.6 Å². The number of thioether (sulfide) groups is 1. The third-order valence-corrected chi connectivity index (χ3v) is 6.04. The van der Waals surface area contributed by atoms with E-state index in [1.54, 1.807) is 65.5 Å². The molecule has 0 aliphatic heterocycles. The molecule has 0 spiro atoms. The summed E-state index contributed by atoms with van der Waals surface area (Å²) in [6, 6.07) is 17.7. The summed E-state index contributed by atoms with van der Waals surface area (Å²) in [7, 11) is 0. The highest BCUT2D eigenvalue weighted by molar-refractivity contribution is 7.99. The number of para-hydroxylation sites is 1. The molecule has 2 aromatic heterocycles. The highest BCUT2D eigenvalue weighted by Crippen LogP contribution is 2.31. The van der Waals surface area contributed by atoms with Crippen molar-refractivity contribution in [2.75, 3.05) is 11.1 Å². The van der Waals surface area contributed by atoms with E-state index in [4.69, 9.17) is 23.2 Å². The molecule has 0 aliphatic carbocycles. The number of hydrogen-bond donors (Lipinski definition) is 1. The summed E-state index contributed by atoms with van der Waals surface area (Å²) in [5, 5.41) is 21.8. The number of benzene rings is 2. The Morgan fingerprint density at radius 3 is 2.69 bits per heavy atom. The molecule has 0 saturated heterocycles. The van der Waals surface area contributed by atoms with E-state index in [1.807, 2.05) is 6.07 Å². The lowest BCUT2D eigenvalue weighted by atomic mass is 10.2. The molecule has 10 heteroatoms. The van der Waals surface area contributed by atoms with Gasteiger partial charge in [0, 0.05) is 18.0 Å². The third-order valence-electron chi connectivity index (χ3n) is 4.37. The number of anilines is 1. The first-order valence-corrected chi connectivity index (χ1v) is 11.0. The Morgan fingerprint density at radius 2 is 1.94 bits per heavy atom. The van der Waals surface area contributed by atoms with E-state index < -0.39 is 0 Å². The number of amides is 1. The maximum absolute atomic E-state index is 12.5. The molecule has 1 amide bonds. The van der Waals surface area contributed by atoms with Gasteiger partial charge in [-0.2, -0.15) is 5.26 Å². The minimum Gasteiger partial charge on any atom is -0.324 e. The molecule has 4 aromatic rings. The number of hydrogen-bond acceptors (Lipinski definition) is 6. The van der Waals surface area contributed by atoms with Crippen LogP contribution in [0.4, 0.5) is 5.69 Å². The van der Waals surface area contributed by atoms with Crippen molar-refractivity contribution in [3.8, 4) is 23.1 Å². The van der Waals surface area contributed by atoms with Gasteiger partial charge >= 0.3 is 0 Å². The predicted molar refractivity (Wildman–Crippen MR) is 125 cm³/mol. The molecule has 32 heavy (non-hydrogen) atoms. The molecular weight excluding hydrogens is 467 g/mol. The second kappa shape index (κ2) is 9.83. The van der Waals surface area contributed by atoms with Gasteiger partial charge in [-0.1, -0.05) is 47.1 Å². The summed E-state index contributed by atoms with van der Waals surface area (Å²) >= 11 is 13.5. The number of nitrogens with zero attached hydrogens (tertiary/aromatic N) is 5. The topological polar surface area (TPSA) is 96.5 Å². The number of aromatic nitrogens is 4. The van der Waals surface area contributed by atoms with Gasteiger partial charge in [0.2, 0.25) is 5.91 Å². The highest BCUT2D eigenvalue weighted by atomic mass is 35.5. The van der Waals surface area contributed by atoms with Crippen molar-refractivity contribution in [1.82, 2.24) is 19.7 Å². The summed E-state index contributed by atoms with van der Waals surface area (Å²) in [5.74, 6) is 0.338. The quantitative estimate of drug-likeness (QED) is 0.379. The number of rotatable bonds is 6. The summed E-state index contributed by atoms with van der Waals surface area (Å²) < 4.78 is 1.79. The fourth-order valence-electron chi connectivity index (χ4n) is 2.91. The molecule has 0 unspecified atom stereocenters. The van der Waals surface area contributed by atoms with Crippen molar-refractivity contribution >= 4 is 46.6 Å². The molecule has 2 aromatic carbocycles. The smallest absolute Gasteiger partial charge is 0.234 e. The molecule has 0 radical (unpaired) electrons. The van der Waals surface area contributed by atoms with Crippen molar-refractivity contribution in [2.24, 2.45) is 0 Å². The fourth-order valence-corrected chi connectivity index (χ4v) is 3.95. The zero-order valence-electron chi connectivity index (χ0n) is 16.4. The SMILES string of the molecule is N#Cc1ccccc1NC(=O)CSc1nnc(-c2cccnc2)n1-c1ccc(Cl)c(Cl)c1. The van der Waals surface area contributed by atoms with Crippen LogP contribution in [0.15, 0.2) is 72.1 Å². The van der Waals surface area contributed by atoms with Gasteiger partial charge in [0.15, 0.2) is 11.0 Å². The van der Waals surface area contributed by atoms with Gasteiger partial charge < -0.3 is 5.32 Å². The number of halogens is 2. The highest BCUT2D eigenvalue weighted by Gasteiger charge is 2.18. The van der Waals surface area contributed by atoms with Gasteiger partial charge in [-0.25, -0.2) is 0 Å². The van der Waals surface area contributed by atoms with Gasteiger partial charge in [0.25, 0.3) is 0 Å². The van der Waals surface area contributed by atoms with Crippen LogP contribution in [0, 0.1) is 11.3 Å². The summed E-state index contributed by atoms with van der Waals surface area (Å²) in [6.07, 6.45) is 3.35. The van der Waals surface area contributed by atoms with Crippen molar-refractivity contribution in [3.63, 3.8) is 0 Å². The molecular formula is C22H14Cl2N6OS. The monoisotopic (exact) mass is 480 g/mol. The normalized spacial score (nSPS) is 10.5. The van der Waals surface area contributed by atoms with Gasteiger partial charge in [0.1, 0.15) is 6.07 Å². The summed E-state index contributed by atoms with van der Waals surface area (Å²) in [4.78, 5) is 16.7. The fraction of sp³-hybridized carbons (Fsp3) is 0.0455. The minimum absolute atomic E-state index is 0.0618. The zero-order valence-corrected chi connectivity index (χ0v) is 18.7. The number of carbonyl (C=O) groups excluding carboxylic acids is 1. The minimum atomic E-state index is -0.274. The van der Waals surface area contributed by atoms with E-state index in [9.17, 15) is 10.1 Å². The largest absolute Gasteiger partial charge is 0.324 e. The number of pyridine rings is 1. The lowest BCUT2D eigenvalue weighted by Crippen LogP contribution is -2.15. The molecule has 0 fully saturated rings. The van der Waals surface area contributed by atoms with E-state index in [2.05, 4.69) is 26.6 Å². The first-order chi connectivity index (χ1) is 15.6. The molecule has 4 rings (SSSR count). The Balaban J connectivity index is 1.62. The average molecular weight is 481 g/mol. The van der Waals surface area contributed by atoms with Crippen LogP contribution in [0.2, 0.25) is 10.0 Å². The zero-order chi connectivity index (χ0) is 22.5. The van der Waals surface area contributed by atoms with E-state index in [1.165, 1.54) is 11.8 Å². The molecule has 0 bridgehead atoms. The van der Waals surface area contributed by atoms with Crippen LogP contribution in [0.3, 0.4) is 0 Å². The van der Waals surface area contributed by atoms with E-state index in [0.29, 0.717) is 38.0 Å². The van der Waals surface area contributed by atoms with Crippen LogP contribution in [-0.2, 0) is 4.79 Å². The van der Waals surface area contributed by atoms with Gasteiger partial charge in [0.05, 0.1) is 32.7 Å². The van der Waals surface area contributed by atoms with Crippen molar-refractivity contribution < 1.29 is 4.79 Å². The first kappa shape index (κ1) is 21.8. The van der Waals surface area contributed by atoms with Crippen molar-refractivity contribution in [2.45, 2.75) is 5.16 Å². The predicted octanol–water partition coefficient (Wildman–Crippen LogP) is 5.24. The Morgan fingerprint density at radius 1 is 1.09 bits per heavy atom. The van der Waals surface area contributed by atoms with E-state index in [-0.39, 0.29) is 11.7 Å². The Labute approximate surface area is 198 Å². The Hall–Kier alpha value is -3.38. The molecule has 2 heterocycles. The third kappa shape index (κ3) is 4.75. The van der Waals surface area contributed by atoms with Crippen LogP contribution in [0.1, 0.15) is 5.56 Å². The van der Waals surface area contributed by atoms with Crippen LogP contribution in [-0.4, -0.2) is 31.4 Å². The molecule has 1 N–H and O–H groups in total. The van der Waals surface area contributed by atoms with Crippen LogP contribution in [0.25, 0.3) is 17.1 Å². The van der Waals surface area contributed by atoms with E-state index >= 15 is 0 Å². The van der Waals surface area contributed by atoms with Gasteiger partial charge in [-0.15, -0.1) is 10.2 Å². The number of nitriles is 1. The summed E-state index contributed by atoms with van der Waals surface area (Å²) in [6.45, 7) is 0. The van der Waals surface area contributed by atoms with Crippen LogP contribution < -0.4 is 5.32 Å². The van der Waals surface area contributed by atoms with E-state index in [0.717, 1.165) is 5.56 Å². The lowest BCUT2D eigenvalue weighted by molar-refractivity contribution is -0.113. The molecule has 0 aliphatic rings. The summed E-state index contributed by atoms with van der Waals surface area (Å²) in [5.41, 5.74) is 2.30. The molecule has 7 nitrogen and oxygen atoms in total. The van der Waals surface area contributed by atoms with Gasteiger partial charge in [-0.05, 0) is 42.5 Å². The van der Waals surface area contributed by atoms with Crippen molar-refractivity contribution in [1.29, 1.82) is 5.26 Å². The second-order valence-corrected chi connectivity index (χ2v) is 8.23. The average Bonchev–Trinajstić information content (AvgIpc) is 3.24. The Bertz CT molecular complexity index is 1320. The molecule has 0 saturated carbocycles. The number of carbonyl (C=O) groups is 1.